The number of para-hydroxylation sites is 3. The first-order valence-corrected chi connectivity index (χ1v) is 9.06. The molecule has 29 heavy (non-hydrogen) atoms. The molecule has 0 fully saturated rings. The van der Waals surface area contributed by atoms with Crippen molar-refractivity contribution >= 4 is 55.9 Å². The largest absolute Gasteiger partial charge is 0.277 e. The minimum absolute atomic E-state index is 0.529. The normalized spacial score (nSPS) is 12.1. The van der Waals surface area contributed by atoms with Crippen LogP contribution in [0, 0.1) is 17.9 Å². The fourth-order valence-corrected chi connectivity index (χ4v) is 4.51. The van der Waals surface area contributed by atoms with E-state index in [1.165, 1.54) is 0 Å². The number of aromatic nitrogens is 5. The minimum atomic E-state index is 0.529. The number of nitriles is 1. The van der Waals surface area contributed by atoms with Gasteiger partial charge in [-0.25, -0.2) is 19.2 Å². The highest BCUT2D eigenvalue weighted by atomic mass is 15.3. The zero-order valence-corrected chi connectivity index (χ0v) is 14.8. The van der Waals surface area contributed by atoms with Crippen LogP contribution in [-0.4, -0.2) is 23.2 Å². The highest BCUT2D eigenvalue weighted by Crippen LogP contribution is 2.36. The van der Waals surface area contributed by atoms with Crippen LogP contribution in [0.4, 0.5) is 5.69 Å². The SMILES string of the molecule is [C-]#[N+]c1cccc2c1nc1n2c2cccc3c2n1c1nc2c(C#N)cccc2n31. The van der Waals surface area contributed by atoms with Gasteiger partial charge in [-0.05, 0) is 30.3 Å². The van der Waals surface area contributed by atoms with Crippen molar-refractivity contribution in [2.75, 3.05) is 0 Å². The van der Waals surface area contributed by atoms with Crippen molar-refractivity contribution in [3.8, 4) is 6.07 Å². The van der Waals surface area contributed by atoms with Crippen molar-refractivity contribution < 1.29 is 0 Å². The van der Waals surface area contributed by atoms with Gasteiger partial charge in [0.15, 0.2) is 0 Å². The summed E-state index contributed by atoms with van der Waals surface area (Å²) in [7, 11) is 0. The van der Waals surface area contributed by atoms with Crippen LogP contribution in [0.2, 0.25) is 0 Å². The summed E-state index contributed by atoms with van der Waals surface area (Å²) in [6.45, 7) is 7.48. The van der Waals surface area contributed by atoms with E-state index in [1.807, 2.05) is 34.7 Å². The lowest BCUT2D eigenvalue weighted by atomic mass is 10.2. The Labute approximate surface area is 162 Å². The molecule has 0 aliphatic carbocycles. The predicted octanol–water partition coefficient (Wildman–Crippen LogP) is 4.55. The molecule has 7 rings (SSSR count). The molecule has 0 aliphatic heterocycles. The maximum atomic E-state index is 9.51. The van der Waals surface area contributed by atoms with Crippen molar-refractivity contribution in [1.82, 2.24) is 23.2 Å². The average Bonchev–Trinajstić information content (AvgIpc) is 3.47. The van der Waals surface area contributed by atoms with Crippen LogP contribution in [0.25, 0.3) is 55.0 Å². The lowest BCUT2D eigenvalue weighted by Gasteiger charge is -1.98. The van der Waals surface area contributed by atoms with E-state index in [-0.39, 0.29) is 0 Å². The first kappa shape index (κ1) is 14.4. The molecule has 0 saturated carbocycles. The molecule has 4 heterocycles. The molecule has 0 bridgehead atoms. The third-order valence-corrected chi connectivity index (χ3v) is 5.65. The molecule has 0 aliphatic rings. The van der Waals surface area contributed by atoms with E-state index in [9.17, 15) is 5.26 Å². The van der Waals surface area contributed by atoms with Crippen LogP contribution in [-0.2, 0) is 0 Å². The Kier molecular flexibility index (Phi) is 2.30. The number of hydrogen-bond acceptors (Lipinski definition) is 3. The zero-order chi connectivity index (χ0) is 19.3. The number of nitrogens with zero attached hydrogens (tertiary/aromatic N) is 7. The molecule has 7 heteroatoms. The number of hydrogen-bond donors (Lipinski definition) is 0. The molecule has 0 saturated heterocycles. The van der Waals surface area contributed by atoms with Gasteiger partial charge in [0.05, 0.1) is 39.7 Å². The summed E-state index contributed by atoms with van der Waals surface area (Å²) in [5, 5.41) is 9.51. The Balaban J connectivity index is 1.85. The van der Waals surface area contributed by atoms with Gasteiger partial charge in [-0.15, -0.1) is 0 Å². The number of imidazole rings is 4. The molecule has 4 aromatic heterocycles. The van der Waals surface area contributed by atoms with E-state index in [0.717, 1.165) is 27.6 Å². The summed E-state index contributed by atoms with van der Waals surface area (Å²) in [4.78, 5) is 13.3. The van der Waals surface area contributed by atoms with Crippen molar-refractivity contribution in [2.24, 2.45) is 0 Å². The van der Waals surface area contributed by atoms with Crippen LogP contribution in [0.5, 0.6) is 0 Å². The van der Waals surface area contributed by atoms with Crippen LogP contribution < -0.4 is 0 Å². The van der Waals surface area contributed by atoms with Gasteiger partial charge in [-0.2, -0.15) is 5.26 Å². The molecular weight excluding hydrogens is 362 g/mol. The molecule has 0 amide bonds. The van der Waals surface area contributed by atoms with Crippen molar-refractivity contribution in [2.45, 2.75) is 0 Å². The molecule has 0 atom stereocenters. The van der Waals surface area contributed by atoms with E-state index >= 15 is 0 Å². The van der Waals surface area contributed by atoms with Gasteiger partial charge in [0.1, 0.15) is 17.1 Å². The molecule has 132 valence electrons. The van der Waals surface area contributed by atoms with E-state index in [2.05, 4.69) is 31.8 Å². The second kappa shape index (κ2) is 4.61. The predicted molar refractivity (Wildman–Crippen MR) is 110 cm³/mol. The number of rotatable bonds is 0. The van der Waals surface area contributed by atoms with Crippen molar-refractivity contribution in [1.29, 1.82) is 5.26 Å². The smallest absolute Gasteiger partial charge is 0.223 e. The summed E-state index contributed by atoms with van der Waals surface area (Å²) in [5.74, 6) is 1.43. The standard InChI is InChI=1S/C22H9N7/c1-24-13-6-3-8-15-19(13)26-22-28(15)17-10-4-9-16-20(17)29(22)21-25-18-12(11-23)5-2-7-14(18)27(16)21/h2-10H. The molecular formula is C22H9N7. The van der Waals surface area contributed by atoms with Crippen LogP contribution >= 0.6 is 0 Å². The summed E-state index contributed by atoms with van der Waals surface area (Å²) in [6.07, 6.45) is 0. The molecule has 7 nitrogen and oxygen atoms in total. The van der Waals surface area contributed by atoms with Gasteiger partial charge in [0.2, 0.25) is 17.2 Å². The van der Waals surface area contributed by atoms with E-state index < -0.39 is 0 Å². The average molecular weight is 371 g/mol. The summed E-state index contributed by atoms with van der Waals surface area (Å²) < 4.78 is 6.18. The molecule has 0 spiro atoms. The first-order valence-electron chi connectivity index (χ1n) is 9.06. The summed E-state index contributed by atoms with van der Waals surface area (Å²) in [5.41, 5.74) is 7.28. The Morgan fingerprint density at radius 3 is 2.03 bits per heavy atom. The second-order valence-electron chi connectivity index (χ2n) is 7.02. The van der Waals surface area contributed by atoms with Gasteiger partial charge in [0.25, 0.3) is 0 Å². The molecule has 7 aromatic rings. The summed E-state index contributed by atoms with van der Waals surface area (Å²) >= 11 is 0. The number of benzene rings is 3. The van der Waals surface area contributed by atoms with E-state index in [0.29, 0.717) is 33.8 Å². The molecule has 0 N–H and O–H groups in total. The van der Waals surface area contributed by atoms with Gasteiger partial charge in [-0.3, -0.25) is 8.80 Å². The monoisotopic (exact) mass is 371 g/mol. The third kappa shape index (κ3) is 1.47. The lowest BCUT2D eigenvalue weighted by molar-refractivity contribution is 1.15. The van der Waals surface area contributed by atoms with Gasteiger partial charge in [0, 0.05) is 0 Å². The fraction of sp³-hybridized carbons (Fsp3) is 0. The minimum Gasteiger partial charge on any atom is -0.277 e. The maximum Gasteiger partial charge on any atom is 0.223 e. The Morgan fingerprint density at radius 1 is 0.759 bits per heavy atom. The topological polar surface area (TPSA) is 67.2 Å². The highest BCUT2D eigenvalue weighted by Gasteiger charge is 2.24. The second-order valence-corrected chi connectivity index (χ2v) is 7.02. The van der Waals surface area contributed by atoms with Crippen molar-refractivity contribution in [3.05, 3.63) is 71.6 Å². The zero-order valence-electron chi connectivity index (χ0n) is 14.8. The Morgan fingerprint density at radius 2 is 1.34 bits per heavy atom. The molecule has 0 unspecified atom stereocenters. The molecule has 3 aromatic carbocycles. The van der Waals surface area contributed by atoms with E-state index in [4.69, 9.17) is 16.5 Å². The van der Waals surface area contributed by atoms with Crippen molar-refractivity contribution in [3.63, 3.8) is 0 Å². The van der Waals surface area contributed by atoms with Crippen LogP contribution in [0.1, 0.15) is 5.56 Å². The highest BCUT2D eigenvalue weighted by molar-refractivity contribution is 6.05. The van der Waals surface area contributed by atoms with Gasteiger partial charge in [-0.1, -0.05) is 24.3 Å². The Bertz CT molecular complexity index is 1750. The third-order valence-electron chi connectivity index (χ3n) is 5.65. The fourth-order valence-electron chi connectivity index (χ4n) is 4.51. The Hall–Kier alpha value is -4.62. The maximum absolute atomic E-state index is 9.51. The first-order chi connectivity index (χ1) is 14.3. The van der Waals surface area contributed by atoms with Crippen LogP contribution in [0.3, 0.4) is 0 Å². The quantitative estimate of drug-likeness (QED) is 0.367. The lowest BCUT2D eigenvalue weighted by Crippen LogP contribution is -1.87. The van der Waals surface area contributed by atoms with Gasteiger partial charge < -0.3 is 0 Å². The number of fused-ring (bicyclic) bond motifs is 10. The van der Waals surface area contributed by atoms with Gasteiger partial charge >= 0.3 is 0 Å². The summed E-state index contributed by atoms with van der Waals surface area (Å²) in [6, 6.07) is 19.7. The van der Waals surface area contributed by atoms with E-state index in [1.54, 1.807) is 12.1 Å². The van der Waals surface area contributed by atoms with Crippen LogP contribution in [0.15, 0.2) is 54.6 Å². The molecule has 0 radical (unpaired) electrons.